The fourth-order valence-electron chi connectivity index (χ4n) is 1.34. The summed E-state index contributed by atoms with van der Waals surface area (Å²) in [6.45, 7) is 7.75. The van der Waals surface area contributed by atoms with E-state index in [1.165, 1.54) is 0 Å². The van der Waals surface area contributed by atoms with Gasteiger partial charge in [0.05, 0.1) is 0 Å². The molecule has 0 aromatic heterocycles. The number of Topliss-reactive ketones (excluding diaryl/α,β-unsaturated/α-hetero) is 1. The monoisotopic (exact) mass is 220 g/mol. The van der Waals surface area contributed by atoms with E-state index in [-0.39, 0.29) is 5.78 Å². The lowest BCUT2D eigenvalue weighted by atomic mass is 10.0. The molecule has 0 unspecified atom stereocenters. The Balaban J connectivity index is 2.92. The summed E-state index contributed by atoms with van der Waals surface area (Å²) in [5.74, 6) is 1.15. The average molecular weight is 220 g/mol. The van der Waals surface area contributed by atoms with Gasteiger partial charge in [-0.05, 0) is 24.7 Å². The van der Waals surface area contributed by atoms with Gasteiger partial charge in [-0.1, -0.05) is 37.8 Å². The highest BCUT2D eigenvalue weighted by Crippen LogP contribution is 2.28. The van der Waals surface area contributed by atoms with E-state index in [4.69, 9.17) is 0 Å². The van der Waals surface area contributed by atoms with Gasteiger partial charge in [0.25, 0.3) is 0 Å². The molecule has 0 aliphatic carbocycles. The van der Waals surface area contributed by atoms with Gasteiger partial charge in [-0.3, -0.25) is 4.79 Å². The first kappa shape index (κ1) is 12.1. The van der Waals surface area contributed by atoms with Gasteiger partial charge in [-0.25, -0.2) is 0 Å². The van der Waals surface area contributed by atoms with Crippen LogP contribution >= 0.6 is 11.8 Å². The van der Waals surface area contributed by atoms with E-state index in [0.717, 1.165) is 28.2 Å². The quantitative estimate of drug-likeness (QED) is 0.698. The molecule has 1 aromatic rings. The molecule has 0 saturated heterocycles. The van der Waals surface area contributed by atoms with Crippen molar-refractivity contribution < 1.29 is 4.79 Å². The van der Waals surface area contributed by atoms with Gasteiger partial charge >= 0.3 is 0 Å². The zero-order valence-electron chi connectivity index (χ0n) is 9.25. The molecule has 0 spiro atoms. The maximum absolute atomic E-state index is 11.4. The number of carbonyl (C=O) groups is 1. The first-order chi connectivity index (χ1) is 7.16. The fourth-order valence-corrected chi connectivity index (χ4v) is 2.12. The topological polar surface area (TPSA) is 17.1 Å². The van der Waals surface area contributed by atoms with Crippen LogP contribution in [0.15, 0.2) is 30.8 Å². The summed E-state index contributed by atoms with van der Waals surface area (Å²) < 4.78 is 0. The normalized spacial score (nSPS) is 10.0. The zero-order valence-corrected chi connectivity index (χ0v) is 10.1. The molecule has 0 heterocycles. The highest BCUT2D eigenvalue weighted by atomic mass is 32.2. The van der Waals surface area contributed by atoms with Gasteiger partial charge in [0.2, 0.25) is 0 Å². The maximum Gasteiger partial charge on any atom is 0.160 e. The number of benzene rings is 1. The van der Waals surface area contributed by atoms with Gasteiger partial charge in [-0.2, -0.15) is 0 Å². The smallest absolute Gasteiger partial charge is 0.160 e. The molecule has 1 nitrogen and oxygen atoms in total. The number of carbonyl (C=O) groups excluding carboxylic acids is 1. The molecule has 0 fully saturated rings. The van der Waals surface area contributed by atoms with Gasteiger partial charge < -0.3 is 0 Å². The van der Waals surface area contributed by atoms with Gasteiger partial charge in [-0.15, -0.1) is 11.8 Å². The Morgan fingerprint density at radius 1 is 1.33 bits per heavy atom. The zero-order chi connectivity index (χ0) is 11.3. The van der Waals surface area contributed by atoms with E-state index in [2.05, 4.69) is 13.5 Å². The minimum atomic E-state index is 0.101. The third kappa shape index (κ3) is 3.24. The SMILES string of the molecule is C=C(SCCC)c1ccccc1C(C)=O. The molecule has 1 rings (SSSR count). The Hall–Kier alpha value is -1.02. The summed E-state index contributed by atoms with van der Waals surface area (Å²) in [5.41, 5.74) is 1.74. The summed E-state index contributed by atoms with van der Waals surface area (Å²) >= 11 is 1.71. The minimum absolute atomic E-state index is 0.101. The molecule has 0 aliphatic rings. The van der Waals surface area contributed by atoms with E-state index in [0.29, 0.717) is 0 Å². The molecule has 0 atom stereocenters. The summed E-state index contributed by atoms with van der Waals surface area (Å²) in [6, 6.07) is 7.65. The highest BCUT2D eigenvalue weighted by molar-refractivity contribution is 8.08. The van der Waals surface area contributed by atoms with Crippen LogP contribution in [-0.2, 0) is 0 Å². The second-order valence-corrected chi connectivity index (χ2v) is 4.56. The Morgan fingerprint density at radius 2 is 1.93 bits per heavy atom. The molecular formula is C13H16OS. The molecule has 15 heavy (non-hydrogen) atoms. The van der Waals surface area contributed by atoms with Crippen LogP contribution < -0.4 is 0 Å². The number of hydrogen-bond donors (Lipinski definition) is 0. The van der Waals surface area contributed by atoms with E-state index in [1.807, 2.05) is 24.3 Å². The molecular weight excluding hydrogens is 204 g/mol. The van der Waals surface area contributed by atoms with Gasteiger partial charge in [0, 0.05) is 10.5 Å². The van der Waals surface area contributed by atoms with Crippen LogP contribution in [0.4, 0.5) is 0 Å². The standard InChI is InChI=1S/C13H16OS/c1-4-9-15-11(3)13-8-6-5-7-12(13)10(2)14/h5-8H,3-4,9H2,1-2H3. The van der Waals surface area contributed by atoms with Crippen molar-refractivity contribution in [3.05, 3.63) is 42.0 Å². The van der Waals surface area contributed by atoms with Crippen molar-refractivity contribution in [2.45, 2.75) is 20.3 Å². The fraction of sp³-hybridized carbons (Fsp3) is 0.308. The summed E-state index contributed by atoms with van der Waals surface area (Å²) in [4.78, 5) is 12.4. The molecule has 0 aliphatic heterocycles. The predicted octanol–water partition coefficient (Wildman–Crippen LogP) is 4.00. The molecule has 0 amide bonds. The van der Waals surface area contributed by atoms with E-state index < -0.39 is 0 Å². The van der Waals surface area contributed by atoms with Crippen molar-refractivity contribution in [3.63, 3.8) is 0 Å². The van der Waals surface area contributed by atoms with E-state index in [1.54, 1.807) is 18.7 Å². The van der Waals surface area contributed by atoms with Crippen LogP contribution in [0.5, 0.6) is 0 Å². The van der Waals surface area contributed by atoms with Crippen LogP contribution in [0.2, 0.25) is 0 Å². The van der Waals surface area contributed by atoms with Crippen LogP contribution in [0.25, 0.3) is 4.91 Å². The Bertz CT molecular complexity index is 369. The van der Waals surface area contributed by atoms with Gasteiger partial charge in [0.1, 0.15) is 0 Å². The molecule has 0 N–H and O–H groups in total. The molecule has 2 heteroatoms. The number of rotatable bonds is 5. The number of hydrogen-bond acceptors (Lipinski definition) is 2. The van der Waals surface area contributed by atoms with Crippen molar-refractivity contribution in [3.8, 4) is 0 Å². The number of thioether (sulfide) groups is 1. The molecule has 0 radical (unpaired) electrons. The van der Waals surface area contributed by atoms with Crippen molar-refractivity contribution in [2.75, 3.05) is 5.75 Å². The first-order valence-corrected chi connectivity index (χ1v) is 6.07. The summed E-state index contributed by atoms with van der Waals surface area (Å²) in [6.07, 6.45) is 1.12. The lowest BCUT2D eigenvalue weighted by molar-refractivity contribution is 0.101. The van der Waals surface area contributed by atoms with Crippen LogP contribution in [0.3, 0.4) is 0 Å². The molecule has 0 bridgehead atoms. The lowest BCUT2D eigenvalue weighted by Crippen LogP contribution is -1.97. The highest BCUT2D eigenvalue weighted by Gasteiger charge is 2.08. The van der Waals surface area contributed by atoms with Crippen molar-refractivity contribution in [1.29, 1.82) is 0 Å². The second-order valence-electron chi connectivity index (χ2n) is 3.37. The Labute approximate surface area is 95.6 Å². The molecule has 0 saturated carbocycles. The van der Waals surface area contributed by atoms with Crippen LogP contribution in [0, 0.1) is 0 Å². The molecule has 80 valence electrons. The van der Waals surface area contributed by atoms with Crippen molar-refractivity contribution in [1.82, 2.24) is 0 Å². The lowest BCUT2D eigenvalue weighted by Gasteiger charge is -2.08. The van der Waals surface area contributed by atoms with Crippen LogP contribution in [-0.4, -0.2) is 11.5 Å². The first-order valence-electron chi connectivity index (χ1n) is 5.08. The molecule has 1 aromatic carbocycles. The third-order valence-electron chi connectivity index (χ3n) is 2.09. The maximum atomic E-state index is 11.4. The Morgan fingerprint density at radius 3 is 2.47 bits per heavy atom. The minimum Gasteiger partial charge on any atom is -0.294 e. The number of ketones is 1. The Kier molecular flexibility index (Phi) is 4.63. The summed E-state index contributed by atoms with van der Waals surface area (Å²) in [7, 11) is 0. The predicted molar refractivity (Wildman–Crippen MR) is 68.2 cm³/mol. The largest absolute Gasteiger partial charge is 0.294 e. The third-order valence-corrected chi connectivity index (χ3v) is 3.27. The van der Waals surface area contributed by atoms with Crippen molar-refractivity contribution in [2.24, 2.45) is 0 Å². The van der Waals surface area contributed by atoms with Gasteiger partial charge in [0.15, 0.2) is 5.78 Å². The second kappa shape index (κ2) is 5.76. The van der Waals surface area contributed by atoms with Crippen LogP contribution in [0.1, 0.15) is 36.2 Å². The average Bonchev–Trinajstić information content (AvgIpc) is 2.25. The summed E-state index contributed by atoms with van der Waals surface area (Å²) in [5, 5.41) is 0. The van der Waals surface area contributed by atoms with E-state index >= 15 is 0 Å². The van der Waals surface area contributed by atoms with E-state index in [9.17, 15) is 4.79 Å². The van der Waals surface area contributed by atoms with Crippen molar-refractivity contribution >= 4 is 22.5 Å².